The van der Waals surface area contributed by atoms with Gasteiger partial charge in [-0.3, -0.25) is 9.69 Å². The van der Waals surface area contributed by atoms with Crippen LogP contribution in [0, 0.1) is 5.92 Å². The van der Waals surface area contributed by atoms with Gasteiger partial charge in [0.05, 0.1) is 5.92 Å². The second kappa shape index (κ2) is 8.48. The van der Waals surface area contributed by atoms with E-state index in [1.807, 2.05) is 0 Å². The van der Waals surface area contributed by atoms with Crippen LogP contribution in [-0.4, -0.2) is 46.8 Å². The summed E-state index contributed by atoms with van der Waals surface area (Å²) in [6.45, 7) is 3.38. The van der Waals surface area contributed by atoms with E-state index in [1.54, 1.807) is 6.92 Å². The summed E-state index contributed by atoms with van der Waals surface area (Å²) in [6.07, 6.45) is 8.21. The number of nitrogens with zero attached hydrogens (tertiary/aromatic N) is 1. The van der Waals surface area contributed by atoms with Crippen LogP contribution in [0.5, 0.6) is 0 Å². The molecule has 4 heteroatoms. The van der Waals surface area contributed by atoms with Gasteiger partial charge in [-0.2, -0.15) is 0 Å². The summed E-state index contributed by atoms with van der Waals surface area (Å²) in [5.74, 6) is -1.05. The van der Waals surface area contributed by atoms with E-state index in [-0.39, 0.29) is 12.5 Å². The summed E-state index contributed by atoms with van der Waals surface area (Å²) in [6, 6.07) is 0.515. The lowest BCUT2D eigenvalue weighted by Gasteiger charge is -2.32. The van der Waals surface area contributed by atoms with Crippen LogP contribution in [0.3, 0.4) is 0 Å². The van der Waals surface area contributed by atoms with Gasteiger partial charge in [0.1, 0.15) is 0 Å². The maximum Gasteiger partial charge on any atom is 0.307 e. The molecule has 1 rings (SSSR count). The first-order valence-electron chi connectivity index (χ1n) is 7.23. The number of carboxylic acids is 1. The summed E-state index contributed by atoms with van der Waals surface area (Å²) in [7, 11) is 0. The smallest absolute Gasteiger partial charge is 0.307 e. The Balaban J connectivity index is 2.54. The fourth-order valence-electron chi connectivity index (χ4n) is 2.75. The van der Waals surface area contributed by atoms with Crippen molar-refractivity contribution in [1.82, 2.24) is 4.90 Å². The molecule has 1 aliphatic rings. The summed E-state index contributed by atoms with van der Waals surface area (Å²) < 4.78 is 0. The number of rotatable bonds is 7. The molecule has 106 valence electrons. The van der Waals surface area contributed by atoms with Gasteiger partial charge in [0.25, 0.3) is 0 Å². The molecular weight excluding hydrogens is 230 g/mol. The minimum atomic E-state index is -0.724. The molecule has 1 unspecified atom stereocenters. The van der Waals surface area contributed by atoms with E-state index in [2.05, 4.69) is 4.90 Å². The maximum atomic E-state index is 11.0. The first kappa shape index (κ1) is 15.4. The Morgan fingerprint density at radius 1 is 1.28 bits per heavy atom. The lowest BCUT2D eigenvalue weighted by molar-refractivity contribution is -0.142. The molecule has 1 saturated carbocycles. The lowest BCUT2D eigenvalue weighted by atomic mass is 10.0. The third-order valence-electron chi connectivity index (χ3n) is 3.87. The summed E-state index contributed by atoms with van der Waals surface area (Å²) in [5, 5.41) is 18.0. The van der Waals surface area contributed by atoms with Crippen LogP contribution in [0.2, 0.25) is 0 Å². The van der Waals surface area contributed by atoms with Crippen molar-refractivity contribution in [2.75, 3.05) is 19.7 Å². The highest BCUT2D eigenvalue weighted by atomic mass is 16.4. The normalized spacial score (nSPS) is 19.7. The standard InChI is InChI=1S/C14H27NO3/c1-12(14(17)18)11-15(9-6-10-16)13-7-4-2-3-5-8-13/h12-13,16H,2-11H2,1H3,(H,17,18). The molecule has 4 nitrogen and oxygen atoms in total. The molecule has 18 heavy (non-hydrogen) atoms. The average molecular weight is 257 g/mol. The average Bonchev–Trinajstić information content (AvgIpc) is 2.62. The lowest BCUT2D eigenvalue weighted by Crippen LogP contribution is -2.40. The monoisotopic (exact) mass is 257 g/mol. The molecule has 1 aliphatic carbocycles. The largest absolute Gasteiger partial charge is 0.481 e. The Morgan fingerprint density at radius 3 is 2.39 bits per heavy atom. The van der Waals surface area contributed by atoms with Crippen LogP contribution in [0.25, 0.3) is 0 Å². The highest BCUT2D eigenvalue weighted by Crippen LogP contribution is 2.23. The Kier molecular flexibility index (Phi) is 7.28. The maximum absolute atomic E-state index is 11.0. The SMILES string of the molecule is CC(CN(CCCO)C1CCCCCC1)C(=O)O. The van der Waals surface area contributed by atoms with Crippen LogP contribution < -0.4 is 0 Å². The minimum absolute atomic E-state index is 0.185. The molecule has 2 N–H and O–H groups in total. The fraction of sp³-hybridized carbons (Fsp3) is 0.929. The summed E-state index contributed by atoms with van der Waals surface area (Å²) >= 11 is 0. The second-order valence-electron chi connectivity index (χ2n) is 5.46. The molecule has 0 aromatic carbocycles. The van der Waals surface area contributed by atoms with Gasteiger partial charge in [0.2, 0.25) is 0 Å². The Bertz CT molecular complexity index is 237. The van der Waals surface area contributed by atoms with Crippen molar-refractivity contribution in [3.63, 3.8) is 0 Å². The van der Waals surface area contributed by atoms with E-state index in [4.69, 9.17) is 10.2 Å². The van der Waals surface area contributed by atoms with Crippen LogP contribution in [-0.2, 0) is 4.79 Å². The Hall–Kier alpha value is -0.610. The van der Waals surface area contributed by atoms with Gasteiger partial charge in [-0.05, 0) is 19.3 Å². The third kappa shape index (κ3) is 5.36. The predicted octanol–water partition coefficient (Wildman–Crippen LogP) is 2.11. The zero-order chi connectivity index (χ0) is 13.4. The van der Waals surface area contributed by atoms with E-state index in [1.165, 1.54) is 38.5 Å². The molecule has 0 amide bonds. The first-order valence-corrected chi connectivity index (χ1v) is 7.23. The summed E-state index contributed by atoms with van der Waals surface area (Å²) in [5.41, 5.74) is 0. The summed E-state index contributed by atoms with van der Waals surface area (Å²) in [4.78, 5) is 13.3. The quantitative estimate of drug-likeness (QED) is 0.686. The van der Waals surface area contributed by atoms with E-state index >= 15 is 0 Å². The number of aliphatic hydroxyl groups excluding tert-OH is 1. The van der Waals surface area contributed by atoms with Crippen molar-refractivity contribution < 1.29 is 15.0 Å². The second-order valence-corrected chi connectivity index (χ2v) is 5.46. The van der Waals surface area contributed by atoms with E-state index in [0.717, 1.165) is 13.0 Å². The van der Waals surface area contributed by atoms with Gasteiger partial charge in [-0.25, -0.2) is 0 Å². The molecular formula is C14H27NO3. The number of hydrogen-bond acceptors (Lipinski definition) is 3. The molecule has 0 radical (unpaired) electrons. The van der Waals surface area contributed by atoms with Crippen molar-refractivity contribution in [1.29, 1.82) is 0 Å². The van der Waals surface area contributed by atoms with Crippen LogP contribution in [0.1, 0.15) is 51.9 Å². The highest BCUT2D eigenvalue weighted by Gasteiger charge is 2.23. The Labute approximate surface area is 110 Å². The molecule has 0 saturated heterocycles. The van der Waals surface area contributed by atoms with Crippen molar-refractivity contribution >= 4 is 5.97 Å². The number of carbonyl (C=O) groups is 1. The molecule has 0 heterocycles. The molecule has 1 fully saturated rings. The fourth-order valence-corrected chi connectivity index (χ4v) is 2.75. The minimum Gasteiger partial charge on any atom is -0.481 e. The topological polar surface area (TPSA) is 60.8 Å². The first-order chi connectivity index (χ1) is 8.65. The molecule has 0 aromatic heterocycles. The highest BCUT2D eigenvalue weighted by molar-refractivity contribution is 5.69. The van der Waals surface area contributed by atoms with Gasteiger partial charge >= 0.3 is 5.97 Å². The van der Waals surface area contributed by atoms with E-state index in [0.29, 0.717) is 12.6 Å². The van der Waals surface area contributed by atoms with Crippen LogP contribution >= 0.6 is 0 Å². The number of aliphatic carboxylic acids is 1. The number of hydrogen-bond donors (Lipinski definition) is 2. The molecule has 0 aliphatic heterocycles. The molecule has 1 atom stereocenters. The Morgan fingerprint density at radius 2 is 1.89 bits per heavy atom. The van der Waals surface area contributed by atoms with E-state index < -0.39 is 5.97 Å². The van der Waals surface area contributed by atoms with Gasteiger partial charge < -0.3 is 10.2 Å². The van der Waals surface area contributed by atoms with Crippen LogP contribution in [0.15, 0.2) is 0 Å². The zero-order valence-electron chi connectivity index (χ0n) is 11.5. The predicted molar refractivity (Wildman–Crippen MR) is 71.6 cm³/mol. The number of aliphatic hydroxyl groups is 1. The van der Waals surface area contributed by atoms with Crippen molar-refractivity contribution in [2.24, 2.45) is 5.92 Å². The zero-order valence-corrected chi connectivity index (χ0v) is 11.5. The van der Waals surface area contributed by atoms with Gasteiger partial charge in [0.15, 0.2) is 0 Å². The van der Waals surface area contributed by atoms with Crippen molar-refractivity contribution in [3.05, 3.63) is 0 Å². The van der Waals surface area contributed by atoms with Gasteiger partial charge in [0, 0.05) is 25.7 Å². The van der Waals surface area contributed by atoms with E-state index in [9.17, 15) is 4.79 Å². The van der Waals surface area contributed by atoms with Gasteiger partial charge in [-0.1, -0.05) is 32.6 Å². The molecule has 0 spiro atoms. The van der Waals surface area contributed by atoms with Crippen LogP contribution in [0.4, 0.5) is 0 Å². The third-order valence-corrected chi connectivity index (χ3v) is 3.87. The van der Waals surface area contributed by atoms with Crippen molar-refractivity contribution in [2.45, 2.75) is 57.9 Å². The molecule has 0 bridgehead atoms. The molecule has 0 aromatic rings. The van der Waals surface area contributed by atoms with Crippen molar-refractivity contribution in [3.8, 4) is 0 Å². The number of carboxylic acid groups (broad SMARTS) is 1. The van der Waals surface area contributed by atoms with Gasteiger partial charge in [-0.15, -0.1) is 0 Å².